The van der Waals surface area contributed by atoms with Gasteiger partial charge >= 0.3 is 0 Å². The number of aliphatic hydroxyl groups excluding tert-OH is 1. The molecule has 3 aliphatic heterocycles. The van der Waals surface area contributed by atoms with E-state index in [0.29, 0.717) is 13.1 Å². The smallest absolute Gasteiger partial charge is 0.251 e. The zero-order valence-corrected chi connectivity index (χ0v) is 28.3. The Balaban J connectivity index is 1.83. The highest BCUT2D eigenvalue weighted by Gasteiger charge is 2.77. The predicted octanol–water partition coefficient (Wildman–Crippen LogP) is 4.83. The molecule has 2 bridgehead atoms. The van der Waals surface area contributed by atoms with E-state index in [9.17, 15) is 14.7 Å². The van der Waals surface area contributed by atoms with Gasteiger partial charge < -0.3 is 24.7 Å². The van der Waals surface area contributed by atoms with Crippen molar-refractivity contribution in [3.05, 3.63) is 49.6 Å². The van der Waals surface area contributed by atoms with Crippen LogP contribution in [0.4, 0.5) is 11.4 Å². The Morgan fingerprint density at radius 2 is 1.68 bits per heavy atom. The molecule has 1 spiro atoms. The molecule has 0 aromatic heterocycles. The molecule has 0 saturated carbocycles. The average molecular weight is 625 g/mol. The van der Waals surface area contributed by atoms with Gasteiger partial charge in [0.05, 0.1) is 29.2 Å². The lowest BCUT2D eigenvalue weighted by molar-refractivity contribution is -0.146. The molecular weight excluding hydrogens is 572 g/mol. The van der Waals surface area contributed by atoms with Crippen LogP contribution < -0.4 is 9.80 Å². The molecule has 44 heavy (non-hydrogen) atoms. The van der Waals surface area contributed by atoms with Crippen LogP contribution in [0, 0.1) is 23.7 Å². The third-order valence-electron chi connectivity index (χ3n) is 10.0. The summed E-state index contributed by atoms with van der Waals surface area (Å²) in [5.74, 6) is -1.57. The maximum Gasteiger partial charge on any atom is 0.251 e. The predicted molar refractivity (Wildman–Crippen MR) is 181 cm³/mol. The van der Waals surface area contributed by atoms with E-state index in [0.717, 1.165) is 37.3 Å². The molecule has 3 unspecified atom stereocenters. The number of amides is 3. The number of nitrogens with zero attached hydrogens (tertiary/aromatic N) is 4. The maximum atomic E-state index is 15.0. The van der Waals surface area contributed by atoms with E-state index in [2.05, 4.69) is 38.8 Å². The number of fused-ring (bicyclic) bond motifs is 1. The van der Waals surface area contributed by atoms with Crippen LogP contribution in [0.5, 0.6) is 0 Å². The molecule has 8 nitrogen and oxygen atoms in total. The van der Waals surface area contributed by atoms with Crippen molar-refractivity contribution in [3.63, 3.8) is 0 Å². The standard InChI is InChI=1S/C35H52N4O4S/c1-9-18-37(19-10-2)32(41)29-28-21-24(8)35(44-28)30(29)33(42)39(27(22-40)23(6)7)31(35)34(43)38(20-11-3)26-16-14-25(15-17-26)36(12-4)13-5/h9,11,14-17,23-24,27-31,40H,1,3,10,12-13,18-22H2,2,4-8H3/t24?,27-,28-,29+,30-,31?,35?/m0/s1. The lowest BCUT2D eigenvalue weighted by Crippen LogP contribution is -2.60. The van der Waals surface area contributed by atoms with E-state index >= 15 is 4.79 Å². The molecule has 1 N–H and O–H groups in total. The van der Waals surface area contributed by atoms with Gasteiger partial charge in [-0.2, -0.15) is 0 Å². The fraction of sp³-hybridized carbons (Fsp3) is 0.629. The summed E-state index contributed by atoms with van der Waals surface area (Å²) in [5.41, 5.74) is 1.82. The van der Waals surface area contributed by atoms with E-state index in [1.165, 1.54) is 0 Å². The summed E-state index contributed by atoms with van der Waals surface area (Å²) in [6.45, 7) is 23.0. The number of carbonyl (C=O) groups excluding carboxylic acids is 3. The van der Waals surface area contributed by atoms with E-state index < -0.39 is 28.7 Å². The number of aliphatic hydroxyl groups is 1. The third kappa shape index (κ3) is 5.59. The van der Waals surface area contributed by atoms with Crippen molar-refractivity contribution >= 4 is 40.9 Å². The number of thioether (sulfide) groups is 1. The van der Waals surface area contributed by atoms with Crippen LogP contribution in [-0.4, -0.2) is 94.0 Å². The van der Waals surface area contributed by atoms with Gasteiger partial charge in [-0.3, -0.25) is 14.4 Å². The van der Waals surface area contributed by atoms with Gasteiger partial charge in [0, 0.05) is 49.3 Å². The van der Waals surface area contributed by atoms with Crippen molar-refractivity contribution in [3.8, 4) is 0 Å². The monoisotopic (exact) mass is 624 g/mol. The molecule has 242 valence electrons. The fourth-order valence-electron chi connectivity index (χ4n) is 7.96. The number of benzene rings is 1. The van der Waals surface area contributed by atoms with E-state index in [1.807, 2.05) is 49.9 Å². The highest BCUT2D eigenvalue weighted by molar-refractivity contribution is 8.02. The van der Waals surface area contributed by atoms with Crippen LogP contribution in [0.3, 0.4) is 0 Å². The number of carbonyl (C=O) groups is 3. The lowest BCUT2D eigenvalue weighted by Gasteiger charge is -2.43. The van der Waals surface area contributed by atoms with Gasteiger partial charge in [0.25, 0.3) is 5.91 Å². The first kappa shape index (κ1) is 34.1. The Morgan fingerprint density at radius 1 is 1.07 bits per heavy atom. The molecule has 3 amide bonds. The topological polar surface area (TPSA) is 84.4 Å². The molecule has 3 fully saturated rings. The van der Waals surface area contributed by atoms with Crippen molar-refractivity contribution in [1.29, 1.82) is 0 Å². The summed E-state index contributed by atoms with van der Waals surface area (Å²) < 4.78 is -0.770. The normalized spacial score (nSPS) is 27.8. The second kappa shape index (κ2) is 14.1. The molecule has 3 aliphatic rings. The molecule has 7 atom stereocenters. The first-order valence-corrected chi connectivity index (χ1v) is 17.2. The SMILES string of the molecule is C=CCN(CCC)C(=O)[C@@H]1[C@@H]2CC(C)C3(S2)C(C(=O)N(CC=C)c2ccc(N(CC)CC)cc2)N([C@@H](CO)C(C)C)C(=O)[C@H]13. The summed E-state index contributed by atoms with van der Waals surface area (Å²) in [4.78, 5) is 51.4. The molecule has 9 heteroatoms. The van der Waals surface area contributed by atoms with Crippen LogP contribution >= 0.6 is 11.8 Å². The molecule has 1 aromatic carbocycles. The lowest BCUT2D eigenvalue weighted by atomic mass is 9.65. The molecule has 0 aliphatic carbocycles. The van der Waals surface area contributed by atoms with Gasteiger partial charge in [0.15, 0.2) is 0 Å². The van der Waals surface area contributed by atoms with Crippen LogP contribution in [-0.2, 0) is 14.4 Å². The Labute approximate surface area is 268 Å². The summed E-state index contributed by atoms with van der Waals surface area (Å²) in [6, 6.07) is 6.63. The van der Waals surface area contributed by atoms with Crippen molar-refractivity contribution in [2.75, 3.05) is 49.1 Å². The van der Waals surface area contributed by atoms with Crippen LogP contribution in [0.2, 0.25) is 0 Å². The summed E-state index contributed by atoms with van der Waals surface area (Å²) in [6.07, 6.45) is 5.02. The molecule has 4 rings (SSSR count). The minimum absolute atomic E-state index is 0.0236. The Morgan fingerprint density at radius 3 is 2.20 bits per heavy atom. The molecule has 1 aromatic rings. The van der Waals surface area contributed by atoms with E-state index in [4.69, 9.17) is 0 Å². The zero-order valence-electron chi connectivity index (χ0n) is 27.4. The largest absolute Gasteiger partial charge is 0.394 e. The first-order valence-electron chi connectivity index (χ1n) is 16.3. The quantitative estimate of drug-likeness (QED) is 0.282. The van der Waals surface area contributed by atoms with Gasteiger partial charge in [-0.15, -0.1) is 24.9 Å². The average Bonchev–Trinajstić information content (AvgIpc) is 3.60. The maximum absolute atomic E-state index is 15.0. The van der Waals surface area contributed by atoms with Crippen LogP contribution in [0.1, 0.15) is 54.4 Å². The Kier molecular flexibility index (Phi) is 10.9. The Bertz CT molecular complexity index is 1220. The van der Waals surface area contributed by atoms with Crippen molar-refractivity contribution in [2.24, 2.45) is 23.7 Å². The molecule has 3 heterocycles. The highest BCUT2D eigenvalue weighted by Crippen LogP contribution is 2.69. The van der Waals surface area contributed by atoms with Gasteiger partial charge in [-0.05, 0) is 62.8 Å². The highest BCUT2D eigenvalue weighted by atomic mass is 32.2. The summed E-state index contributed by atoms with van der Waals surface area (Å²) in [5, 5.41) is 10.6. The number of rotatable bonds is 15. The zero-order chi connectivity index (χ0) is 32.3. The van der Waals surface area contributed by atoms with Crippen LogP contribution in [0.25, 0.3) is 0 Å². The second-order valence-electron chi connectivity index (χ2n) is 12.8. The van der Waals surface area contributed by atoms with Gasteiger partial charge in [-0.25, -0.2) is 0 Å². The summed E-state index contributed by atoms with van der Waals surface area (Å²) in [7, 11) is 0. The van der Waals surface area contributed by atoms with Gasteiger partial charge in [-0.1, -0.05) is 39.8 Å². The summed E-state index contributed by atoms with van der Waals surface area (Å²) >= 11 is 1.68. The van der Waals surface area contributed by atoms with Gasteiger partial charge in [0.1, 0.15) is 6.04 Å². The minimum Gasteiger partial charge on any atom is -0.394 e. The first-order chi connectivity index (χ1) is 21.1. The van der Waals surface area contributed by atoms with Crippen LogP contribution in [0.15, 0.2) is 49.6 Å². The molecular formula is C35H52N4O4S. The van der Waals surface area contributed by atoms with E-state index in [1.54, 1.807) is 33.7 Å². The van der Waals surface area contributed by atoms with Crippen molar-refractivity contribution in [1.82, 2.24) is 9.80 Å². The number of likely N-dealkylation sites (tertiary alicyclic amines) is 1. The number of hydrogen-bond donors (Lipinski definition) is 1. The Hall–Kier alpha value is -2.78. The third-order valence-corrected chi connectivity index (χ3v) is 12.1. The van der Waals surface area contributed by atoms with Gasteiger partial charge in [0.2, 0.25) is 11.8 Å². The number of anilines is 2. The minimum atomic E-state index is -0.816. The molecule has 3 saturated heterocycles. The van der Waals surface area contributed by atoms with Crippen molar-refractivity contribution < 1.29 is 19.5 Å². The van der Waals surface area contributed by atoms with E-state index in [-0.39, 0.29) is 48.0 Å². The fourth-order valence-corrected chi connectivity index (χ4v) is 10.4. The number of hydrogen-bond acceptors (Lipinski definition) is 6. The van der Waals surface area contributed by atoms with Crippen molar-refractivity contribution in [2.45, 2.75) is 76.5 Å². The second-order valence-corrected chi connectivity index (χ2v) is 14.3. The molecule has 0 radical (unpaired) electrons.